The fraction of sp³-hybridized carbons (Fsp3) is 0.435. The SMILES string of the molecule is Cc1ccc(-c2cc(C(C)(C)C)cc(C=N[C@H](CO)C(C)C)c2O)cc1. The van der Waals surface area contributed by atoms with E-state index in [1.165, 1.54) is 5.56 Å². The van der Waals surface area contributed by atoms with Crippen molar-refractivity contribution in [1.82, 2.24) is 0 Å². The molecule has 0 saturated heterocycles. The van der Waals surface area contributed by atoms with Gasteiger partial charge in [0.1, 0.15) is 5.75 Å². The van der Waals surface area contributed by atoms with Crippen LogP contribution >= 0.6 is 0 Å². The van der Waals surface area contributed by atoms with Crippen LogP contribution in [0.3, 0.4) is 0 Å². The molecule has 0 fully saturated rings. The van der Waals surface area contributed by atoms with Crippen LogP contribution in [-0.4, -0.2) is 29.1 Å². The average molecular weight is 354 g/mol. The standard InChI is InChI=1S/C23H31NO2/c1-15(2)21(14-25)24-13-18-11-19(23(4,5)6)12-20(22(18)26)17-9-7-16(3)8-10-17/h7-13,15,21,25-26H,14H2,1-6H3/t21-/m1/s1. The number of aryl methyl sites for hydroxylation is 1. The maximum Gasteiger partial charge on any atom is 0.132 e. The van der Waals surface area contributed by atoms with Gasteiger partial charge < -0.3 is 10.2 Å². The lowest BCUT2D eigenvalue weighted by molar-refractivity contribution is 0.240. The van der Waals surface area contributed by atoms with E-state index in [-0.39, 0.29) is 29.7 Å². The smallest absolute Gasteiger partial charge is 0.132 e. The first-order valence-electron chi connectivity index (χ1n) is 9.22. The Labute approximate surface area is 157 Å². The molecule has 0 aliphatic carbocycles. The Bertz CT molecular complexity index is 768. The van der Waals surface area contributed by atoms with Gasteiger partial charge in [0.15, 0.2) is 0 Å². The van der Waals surface area contributed by atoms with Gasteiger partial charge in [-0.2, -0.15) is 0 Å². The lowest BCUT2D eigenvalue weighted by atomic mass is 9.83. The zero-order chi connectivity index (χ0) is 19.5. The Morgan fingerprint density at radius 2 is 1.69 bits per heavy atom. The highest BCUT2D eigenvalue weighted by molar-refractivity contribution is 5.89. The largest absolute Gasteiger partial charge is 0.507 e. The molecule has 0 saturated carbocycles. The van der Waals surface area contributed by atoms with E-state index in [1.54, 1.807) is 6.21 Å². The number of aromatic hydroxyl groups is 1. The number of aliphatic hydroxyl groups is 1. The van der Waals surface area contributed by atoms with Gasteiger partial charge in [0, 0.05) is 17.3 Å². The zero-order valence-corrected chi connectivity index (χ0v) is 16.7. The van der Waals surface area contributed by atoms with Crippen molar-refractivity contribution in [3.05, 3.63) is 53.1 Å². The molecule has 0 aromatic heterocycles. The number of hydrogen-bond donors (Lipinski definition) is 2. The molecule has 0 unspecified atom stereocenters. The molecule has 2 N–H and O–H groups in total. The van der Waals surface area contributed by atoms with Crippen LogP contribution < -0.4 is 0 Å². The van der Waals surface area contributed by atoms with Crippen molar-refractivity contribution in [2.45, 2.75) is 53.0 Å². The molecule has 2 aromatic rings. The van der Waals surface area contributed by atoms with Crippen molar-refractivity contribution < 1.29 is 10.2 Å². The summed E-state index contributed by atoms with van der Waals surface area (Å²) in [4.78, 5) is 4.51. The lowest BCUT2D eigenvalue weighted by Crippen LogP contribution is -2.18. The number of phenolic OH excluding ortho intramolecular Hbond substituents is 1. The first kappa shape index (κ1) is 20.2. The van der Waals surface area contributed by atoms with E-state index in [4.69, 9.17) is 0 Å². The van der Waals surface area contributed by atoms with Crippen LogP contribution in [0.5, 0.6) is 5.75 Å². The Morgan fingerprint density at radius 3 is 2.19 bits per heavy atom. The summed E-state index contributed by atoms with van der Waals surface area (Å²) in [5.74, 6) is 0.465. The van der Waals surface area contributed by atoms with E-state index in [0.29, 0.717) is 5.56 Å². The molecule has 0 radical (unpaired) electrons. The van der Waals surface area contributed by atoms with Crippen LogP contribution in [0.1, 0.15) is 51.3 Å². The van der Waals surface area contributed by atoms with Crippen LogP contribution in [0.4, 0.5) is 0 Å². The number of nitrogens with zero attached hydrogens (tertiary/aromatic N) is 1. The number of benzene rings is 2. The number of aliphatic imine (C=N–C) groups is 1. The third-order valence-corrected chi connectivity index (χ3v) is 4.73. The minimum absolute atomic E-state index is 0.00128. The highest BCUT2D eigenvalue weighted by Gasteiger charge is 2.19. The van der Waals surface area contributed by atoms with Gasteiger partial charge in [0.25, 0.3) is 0 Å². The Hall–Kier alpha value is -2.13. The highest BCUT2D eigenvalue weighted by Crippen LogP contribution is 2.36. The molecule has 140 valence electrons. The summed E-state index contributed by atoms with van der Waals surface area (Å²) in [6, 6.07) is 12.0. The van der Waals surface area contributed by atoms with Gasteiger partial charge in [0.05, 0.1) is 12.6 Å². The van der Waals surface area contributed by atoms with Gasteiger partial charge in [-0.25, -0.2) is 0 Å². The van der Waals surface area contributed by atoms with Gasteiger partial charge in [-0.1, -0.05) is 64.4 Å². The Balaban J connectivity index is 2.59. The molecule has 26 heavy (non-hydrogen) atoms. The van der Waals surface area contributed by atoms with E-state index in [1.807, 2.05) is 51.1 Å². The van der Waals surface area contributed by atoms with Crippen molar-refractivity contribution in [2.75, 3.05) is 6.61 Å². The minimum Gasteiger partial charge on any atom is -0.507 e. The van der Waals surface area contributed by atoms with Gasteiger partial charge in [0.2, 0.25) is 0 Å². The second-order valence-corrected chi connectivity index (χ2v) is 8.35. The molecule has 0 aliphatic heterocycles. The summed E-state index contributed by atoms with van der Waals surface area (Å²) < 4.78 is 0. The summed E-state index contributed by atoms with van der Waals surface area (Å²) in [6.07, 6.45) is 1.70. The van der Waals surface area contributed by atoms with E-state index < -0.39 is 0 Å². The molecule has 0 bridgehead atoms. The number of rotatable bonds is 5. The summed E-state index contributed by atoms with van der Waals surface area (Å²) in [5.41, 5.74) is 4.75. The molecule has 0 aliphatic rings. The lowest BCUT2D eigenvalue weighted by Gasteiger charge is -2.22. The van der Waals surface area contributed by atoms with Gasteiger partial charge >= 0.3 is 0 Å². The molecular formula is C23H31NO2. The monoisotopic (exact) mass is 353 g/mol. The molecule has 0 amide bonds. The van der Waals surface area contributed by atoms with Gasteiger partial charge in [-0.05, 0) is 41.5 Å². The second-order valence-electron chi connectivity index (χ2n) is 8.35. The molecule has 0 heterocycles. The minimum atomic E-state index is -0.171. The van der Waals surface area contributed by atoms with E-state index >= 15 is 0 Å². The zero-order valence-electron chi connectivity index (χ0n) is 16.7. The molecule has 3 nitrogen and oxygen atoms in total. The van der Waals surface area contributed by atoms with Crippen molar-refractivity contribution >= 4 is 6.21 Å². The molecule has 3 heteroatoms. The van der Waals surface area contributed by atoms with Crippen LogP contribution in [0.2, 0.25) is 0 Å². The fourth-order valence-corrected chi connectivity index (χ4v) is 2.75. The Morgan fingerprint density at radius 1 is 1.08 bits per heavy atom. The normalized spacial score (nSPS) is 13.5. The van der Waals surface area contributed by atoms with E-state index in [0.717, 1.165) is 16.7 Å². The predicted octanol–water partition coefficient (Wildman–Crippen LogP) is 5.10. The van der Waals surface area contributed by atoms with Crippen molar-refractivity contribution in [3.63, 3.8) is 0 Å². The van der Waals surface area contributed by atoms with E-state index in [2.05, 4.69) is 31.8 Å². The number of phenols is 1. The predicted molar refractivity (Wildman–Crippen MR) is 110 cm³/mol. The third-order valence-electron chi connectivity index (χ3n) is 4.73. The summed E-state index contributed by atoms with van der Waals surface area (Å²) >= 11 is 0. The fourth-order valence-electron chi connectivity index (χ4n) is 2.75. The van der Waals surface area contributed by atoms with Crippen LogP contribution in [0.25, 0.3) is 11.1 Å². The molecular weight excluding hydrogens is 322 g/mol. The van der Waals surface area contributed by atoms with E-state index in [9.17, 15) is 10.2 Å². The quantitative estimate of drug-likeness (QED) is 0.735. The van der Waals surface area contributed by atoms with Crippen LogP contribution in [0.15, 0.2) is 41.4 Å². The summed E-state index contributed by atoms with van der Waals surface area (Å²) in [6.45, 7) is 12.6. The van der Waals surface area contributed by atoms with Crippen LogP contribution in [0, 0.1) is 12.8 Å². The molecule has 2 aromatic carbocycles. The highest BCUT2D eigenvalue weighted by atomic mass is 16.3. The van der Waals surface area contributed by atoms with Crippen molar-refractivity contribution in [3.8, 4) is 16.9 Å². The van der Waals surface area contributed by atoms with Crippen molar-refractivity contribution in [1.29, 1.82) is 0 Å². The molecule has 2 rings (SSSR count). The van der Waals surface area contributed by atoms with Gasteiger partial charge in [-0.3, -0.25) is 4.99 Å². The third kappa shape index (κ3) is 4.73. The summed E-state index contributed by atoms with van der Waals surface area (Å²) in [5, 5.41) is 20.4. The van der Waals surface area contributed by atoms with Crippen LogP contribution in [-0.2, 0) is 5.41 Å². The van der Waals surface area contributed by atoms with Crippen molar-refractivity contribution in [2.24, 2.45) is 10.9 Å². The number of aliphatic hydroxyl groups excluding tert-OH is 1. The topological polar surface area (TPSA) is 52.8 Å². The number of hydrogen-bond acceptors (Lipinski definition) is 3. The Kier molecular flexibility index (Phi) is 6.25. The average Bonchev–Trinajstić information content (AvgIpc) is 2.56. The second kappa shape index (κ2) is 8.05. The molecule has 0 spiro atoms. The first-order valence-corrected chi connectivity index (χ1v) is 9.22. The first-order chi connectivity index (χ1) is 12.1. The maximum absolute atomic E-state index is 10.9. The molecule has 1 atom stereocenters. The summed E-state index contributed by atoms with van der Waals surface area (Å²) in [7, 11) is 0. The van der Waals surface area contributed by atoms with Gasteiger partial charge in [-0.15, -0.1) is 0 Å². The maximum atomic E-state index is 10.9.